The number of thiazole rings is 1. The van der Waals surface area contributed by atoms with E-state index in [0.29, 0.717) is 29.1 Å². The fourth-order valence-corrected chi connectivity index (χ4v) is 2.72. The lowest BCUT2D eigenvalue weighted by molar-refractivity contribution is 0.0746. The maximum Gasteiger partial charge on any atom is 0.267 e. The number of nitrogens with zero attached hydrogens (tertiary/aromatic N) is 2. The monoisotopic (exact) mass is 312 g/mol. The molecule has 0 aliphatic heterocycles. The van der Waals surface area contributed by atoms with Crippen molar-refractivity contribution in [3.8, 4) is 0 Å². The summed E-state index contributed by atoms with van der Waals surface area (Å²) in [6.45, 7) is 12.8. The van der Waals surface area contributed by atoms with Gasteiger partial charge in [-0.2, -0.15) is 0 Å². The zero-order valence-electron chi connectivity index (χ0n) is 13.8. The molecule has 0 aliphatic carbocycles. The zero-order valence-corrected chi connectivity index (χ0v) is 14.6. The first-order valence-electron chi connectivity index (χ1n) is 7.68. The number of anilines is 2. The molecule has 21 heavy (non-hydrogen) atoms. The number of nitrogens with two attached hydrogens (primary N) is 1. The number of hydrogen-bond acceptors (Lipinski definition) is 5. The van der Waals surface area contributed by atoms with Crippen molar-refractivity contribution >= 4 is 28.2 Å². The highest BCUT2D eigenvalue weighted by Crippen LogP contribution is 2.27. The molecule has 1 amide bonds. The average Bonchev–Trinajstić information content (AvgIpc) is 2.82. The quantitative estimate of drug-likeness (QED) is 0.772. The number of rotatable bonds is 8. The van der Waals surface area contributed by atoms with Gasteiger partial charge in [-0.05, 0) is 18.8 Å². The van der Waals surface area contributed by atoms with Crippen molar-refractivity contribution in [3.63, 3.8) is 0 Å². The number of carbonyl (C=O) groups is 1. The second-order valence-electron chi connectivity index (χ2n) is 5.87. The average molecular weight is 312 g/mol. The highest BCUT2D eigenvalue weighted by molar-refractivity contribution is 7.18. The molecule has 5 nitrogen and oxygen atoms in total. The summed E-state index contributed by atoms with van der Waals surface area (Å²) in [5.74, 6) is 1.33. The van der Waals surface area contributed by atoms with Crippen molar-refractivity contribution in [2.45, 2.75) is 41.0 Å². The molecule has 1 aromatic rings. The first-order valence-corrected chi connectivity index (χ1v) is 8.50. The summed E-state index contributed by atoms with van der Waals surface area (Å²) in [5.41, 5.74) is 5.92. The van der Waals surface area contributed by atoms with E-state index in [-0.39, 0.29) is 5.91 Å². The molecule has 1 heterocycles. The van der Waals surface area contributed by atoms with E-state index in [1.165, 1.54) is 11.3 Å². The van der Waals surface area contributed by atoms with Crippen LogP contribution in [0.15, 0.2) is 0 Å². The normalized spacial score (nSPS) is 12.5. The van der Waals surface area contributed by atoms with Gasteiger partial charge in [0.2, 0.25) is 0 Å². The third-order valence-electron chi connectivity index (χ3n) is 3.41. The first kappa shape index (κ1) is 17.8. The van der Waals surface area contributed by atoms with Crippen molar-refractivity contribution in [1.82, 2.24) is 9.88 Å². The summed E-state index contributed by atoms with van der Waals surface area (Å²) in [5, 5.41) is 3.95. The van der Waals surface area contributed by atoms with Gasteiger partial charge in [0.25, 0.3) is 5.91 Å². The minimum absolute atomic E-state index is 0.00889. The summed E-state index contributed by atoms with van der Waals surface area (Å²) in [6, 6.07) is 0. The van der Waals surface area contributed by atoms with Crippen molar-refractivity contribution in [2.24, 2.45) is 11.8 Å². The molecule has 120 valence electrons. The van der Waals surface area contributed by atoms with Gasteiger partial charge in [0.1, 0.15) is 10.7 Å². The van der Waals surface area contributed by atoms with Gasteiger partial charge in [-0.25, -0.2) is 4.98 Å². The van der Waals surface area contributed by atoms with Crippen LogP contribution in [-0.4, -0.2) is 35.4 Å². The SMILES string of the molecule is CCC(C)CN(CC)C(=O)c1sc(NCC(C)C)nc1N. The van der Waals surface area contributed by atoms with Crippen LogP contribution in [0.5, 0.6) is 0 Å². The Labute approximate surface area is 131 Å². The van der Waals surface area contributed by atoms with E-state index in [9.17, 15) is 4.79 Å². The second-order valence-corrected chi connectivity index (χ2v) is 6.86. The maximum absolute atomic E-state index is 12.6. The van der Waals surface area contributed by atoms with Gasteiger partial charge in [0.15, 0.2) is 5.13 Å². The summed E-state index contributed by atoms with van der Waals surface area (Å²) in [6.07, 6.45) is 1.06. The number of nitrogen functional groups attached to an aromatic ring is 1. The minimum Gasteiger partial charge on any atom is -0.382 e. The molecule has 0 aliphatic rings. The second kappa shape index (κ2) is 8.22. The first-order chi connectivity index (χ1) is 9.88. The lowest BCUT2D eigenvalue weighted by atomic mass is 10.1. The van der Waals surface area contributed by atoms with Crippen LogP contribution in [0.25, 0.3) is 0 Å². The van der Waals surface area contributed by atoms with E-state index >= 15 is 0 Å². The Hall–Kier alpha value is -1.30. The standard InChI is InChI=1S/C15H28N4OS/c1-6-11(5)9-19(7-2)14(20)12-13(16)18-15(21-12)17-8-10(3)4/h10-11H,6-9,16H2,1-5H3,(H,17,18). The number of aromatic nitrogens is 1. The molecule has 0 radical (unpaired) electrons. The zero-order chi connectivity index (χ0) is 16.0. The van der Waals surface area contributed by atoms with Crippen LogP contribution in [0.2, 0.25) is 0 Å². The summed E-state index contributed by atoms with van der Waals surface area (Å²) >= 11 is 1.35. The Morgan fingerprint density at radius 3 is 2.57 bits per heavy atom. The van der Waals surface area contributed by atoms with Crippen molar-refractivity contribution in [2.75, 3.05) is 30.7 Å². The molecule has 0 saturated carbocycles. The maximum atomic E-state index is 12.6. The Morgan fingerprint density at radius 1 is 1.38 bits per heavy atom. The van der Waals surface area contributed by atoms with Crippen LogP contribution in [0.4, 0.5) is 10.9 Å². The van der Waals surface area contributed by atoms with Crippen LogP contribution >= 0.6 is 11.3 Å². The minimum atomic E-state index is -0.00889. The van der Waals surface area contributed by atoms with E-state index in [1.807, 2.05) is 11.8 Å². The lowest BCUT2D eigenvalue weighted by Crippen LogP contribution is -2.34. The molecule has 1 rings (SSSR count). The predicted octanol–water partition coefficient (Wildman–Crippen LogP) is 3.30. The molecular formula is C15H28N4OS. The van der Waals surface area contributed by atoms with E-state index in [1.54, 1.807) is 0 Å². The number of carbonyl (C=O) groups excluding carboxylic acids is 1. The Kier molecular flexibility index (Phi) is 6.95. The van der Waals surface area contributed by atoms with Crippen molar-refractivity contribution in [3.05, 3.63) is 4.88 Å². The number of hydrogen-bond donors (Lipinski definition) is 2. The highest BCUT2D eigenvalue weighted by atomic mass is 32.1. The van der Waals surface area contributed by atoms with E-state index in [4.69, 9.17) is 5.73 Å². The van der Waals surface area contributed by atoms with Crippen LogP contribution in [0.1, 0.15) is 50.7 Å². The third kappa shape index (κ3) is 5.19. The topological polar surface area (TPSA) is 71.2 Å². The molecule has 3 N–H and O–H groups in total. The van der Waals surface area contributed by atoms with Gasteiger partial charge in [0.05, 0.1) is 0 Å². The Bertz CT molecular complexity index is 459. The molecule has 0 bridgehead atoms. The van der Waals surface area contributed by atoms with Gasteiger partial charge < -0.3 is 16.0 Å². The summed E-state index contributed by atoms with van der Waals surface area (Å²) in [4.78, 5) is 19.2. The number of amides is 1. The smallest absolute Gasteiger partial charge is 0.267 e. The lowest BCUT2D eigenvalue weighted by Gasteiger charge is -2.23. The van der Waals surface area contributed by atoms with Gasteiger partial charge in [-0.15, -0.1) is 0 Å². The van der Waals surface area contributed by atoms with Crippen LogP contribution in [0.3, 0.4) is 0 Å². The van der Waals surface area contributed by atoms with E-state index < -0.39 is 0 Å². The van der Waals surface area contributed by atoms with Crippen molar-refractivity contribution < 1.29 is 4.79 Å². The molecule has 1 unspecified atom stereocenters. The van der Waals surface area contributed by atoms with Crippen LogP contribution in [0, 0.1) is 11.8 Å². The van der Waals surface area contributed by atoms with Gasteiger partial charge in [-0.3, -0.25) is 4.79 Å². The number of nitrogens with one attached hydrogen (secondary N) is 1. The Morgan fingerprint density at radius 2 is 2.05 bits per heavy atom. The van der Waals surface area contributed by atoms with E-state index in [2.05, 4.69) is 38.0 Å². The molecule has 0 aromatic carbocycles. The molecule has 1 atom stereocenters. The molecule has 6 heteroatoms. The molecular weight excluding hydrogens is 284 g/mol. The predicted molar refractivity (Wildman–Crippen MR) is 90.9 cm³/mol. The summed E-state index contributed by atoms with van der Waals surface area (Å²) in [7, 11) is 0. The van der Waals surface area contributed by atoms with Gasteiger partial charge in [-0.1, -0.05) is 45.5 Å². The molecule has 0 saturated heterocycles. The van der Waals surface area contributed by atoms with Crippen molar-refractivity contribution in [1.29, 1.82) is 0 Å². The van der Waals surface area contributed by atoms with Crippen LogP contribution < -0.4 is 11.1 Å². The molecule has 0 spiro atoms. The van der Waals surface area contributed by atoms with Gasteiger partial charge in [0, 0.05) is 19.6 Å². The molecule has 0 fully saturated rings. The highest BCUT2D eigenvalue weighted by Gasteiger charge is 2.22. The fourth-order valence-electron chi connectivity index (χ4n) is 1.86. The largest absolute Gasteiger partial charge is 0.382 e. The Balaban J connectivity index is 2.80. The summed E-state index contributed by atoms with van der Waals surface area (Å²) < 4.78 is 0. The third-order valence-corrected chi connectivity index (χ3v) is 4.42. The fraction of sp³-hybridized carbons (Fsp3) is 0.733. The molecule has 1 aromatic heterocycles. The van der Waals surface area contributed by atoms with E-state index in [0.717, 1.165) is 24.6 Å². The van der Waals surface area contributed by atoms with Crippen LogP contribution in [-0.2, 0) is 0 Å². The van der Waals surface area contributed by atoms with Gasteiger partial charge >= 0.3 is 0 Å².